The zero-order valence-electron chi connectivity index (χ0n) is 8.44. The molecule has 0 spiro atoms. The van der Waals surface area contributed by atoms with E-state index in [1.807, 2.05) is 6.92 Å². The zero-order valence-corrected chi connectivity index (χ0v) is 9.20. The molecular weight excluding hydrogens is 218 g/mol. The van der Waals surface area contributed by atoms with E-state index in [-0.39, 0.29) is 18.4 Å². The average Bonchev–Trinajstić information content (AvgIpc) is 2.29. The second-order valence-electron chi connectivity index (χ2n) is 3.27. The van der Waals surface area contributed by atoms with Crippen molar-refractivity contribution in [3.05, 3.63) is 17.5 Å². The molecule has 5 nitrogen and oxygen atoms in total. The van der Waals surface area contributed by atoms with Gasteiger partial charge in [0.2, 0.25) is 0 Å². The van der Waals surface area contributed by atoms with E-state index in [9.17, 15) is 10.2 Å². The number of rotatable bonds is 5. The molecule has 1 rings (SSSR count). The number of aliphatic hydroxyl groups excluding tert-OH is 2. The van der Waals surface area contributed by atoms with Gasteiger partial charge in [-0.3, -0.25) is 0 Å². The molecule has 1 aromatic heterocycles. The van der Waals surface area contributed by atoms with Gasteiger partial charge in [-0.1, -0.05) is 18.5 Å². The van der Waals surface area contributed by atoms with Crippen molar-refractivity contribution in [2.45, 2.75) is 18.9 Å². The van der Waals surface area contributed by atoms with Gasteiger partial charge in [-0.05, 0) is 6.42 Å². The van der Waals surface area contributed by atoms with Crippen LogP contribution < -0.4 is 5.32 Å². The summed E-state index contributed by atoms with van der Waals surface area (Å²) < 4.78 is 0. The molecule has 0 bridgehead atoms. The molecule has 0 aliphatic carbocycles. The van der Waals surface area contributed by atoms with Gasteiger partial charge in [0, 0.05) is 12.4 Å². The summed E-state index contributed by atoms with van der Waals surface area (Å²) in [6.45, 7) is 1.45. The predicted molar refractivity (Wildman–Crippen MR) is 57.9 cm³/mol. The molecule has 0 amide bonds. The molecule has 0 fully saturated rings. The highest BCUT2D eigenvalue weighted by molar-refractivity contribution is 6.31. The first-order valence-electron chi connectivity index (χ1n) is 4.64. The predicted octanol–water partition coefficient (Wildman–Crippen LogP) is 0.675. The van der Waals surface area contributed by atoms with Crippen LogP contribution in [0.1, 0.15) is 13.3 Å². The Hall–Kier alpha value is -0.910. The van der Waals surface area contributed by atoms with E-state index in [1.54, 1.807) is 0 Å². The first-order chi connectivity index (χ1) is 7.17. The normalized spacial score (nSPS) is 11.5. The smallest absolute Gasteiger partial charge is 0.171 e. The van der Waals surface area contributed by atoms with Gasteiger partial charge in [0.15, 0.2) is 11.0 Å². The van der Waals surface area contributed by atoms with Crippen LogP contribution in [0, 0.1) is 0 Å². The minimum absolute atomic E-state index is 0.201. The second kappa shape index (κ2) is 5.25. The van der Waals surface area contributed by atoms with Gasteiger partial charge in [-0.2, -0.15) is 0 Å². The number of aromatic nitrogens is 2. The quantitative estimate of drug-likeness (QED) is 0.695. The highest BCUT2D eigenvalue weighted by atomic mass is 35.5. The van der Waals surface area contributed by atoms with Crippen molar-refractivity contribution in [3.8, 4) is 0 Å². The molecule has 84 valence electrons. The molecule has 0 aliphatic rings. The third kappa shape index (κ3) is 2.77. The molecule has 0 radical (unpaired) electrons. The standard InChI is InChI=1S/C9H14ClN3O2/c1-2-9(5-14,6-15)13-8-7(10)11-3-4-12-8/h3-4,14-15H,2,5-6H2,1H3,(H,12,13). The van der Waals surface area contributed by atoms with Crippen LogP contribution in [-0.2, 0) is 0 Å². The van der Waals surface area contributed by atoms with Crippen LogP contribution in [0.4, 0.5) is 5.82 Å². The van der Waals surface area contributed by atoms with Crippen LogP contribution in [0.15, 0.2) is 12.4 Å². The average molecular weight is 232 g/mol. The lowest BCUT2D eigenvalue weighted by atomic mass is 9.99. The molecule has 6 heteroatoms. The first kappa shape index (κ1) is 12.2. The number of halogens is 1. The van der Waals surface area contributed by atoms with E-state index in [4.69, 9.17) is 11.6 Å². The van der Waals surface area contributed by atoms with Gasteiger partial charge >= 0.3 is 0 Å². The van der Waals surface area contributed by atoms with Gasteiger partial charge in [-0.25, -0.2) is 9.97 Å². The Balaban J connectivity index is 2.88. The molecule has 3 N–H and O–H groups in total. The van der Waals surface area contributed by atoms with E-state index in [0.29, 0.717) is 12.2 Å². The highest BCUT2D eigenvalue weighted by Crippen LogP contribution is 2.21. The molecule has 0 aliphatic heterocycles. The minimum Gasteiger partial charge on any atom is -0.394 e. The van der Waals surface area contributed by atoms with Gasteiger partial charge in [0.05, 0.1) is 18.8 Å². The van der Waals surface area contributed by atoms with Gasteiger partial charge < -0.3 is 15.5 Å². The second-order valence-corrected chi connectivity index (χ2v) is 3.63. The van der Waals surface area contributed by atoms with Crippen molar-refractivity contribution in [1.29, 1.82) is 0 Å². The highest BCUT2D eigenvalue weighted by Gasteiger charge is 2.27. The van der Waals surface area contributed by atoms with E-state index in [2.05, 4.69) is 15.3 Å². The number of aliphatic hydroxyl groups is 2. The van der Waals surface area contributed by atoms with Crippen molar-refractivity contribution in [1.82, 2.24) is 9.97 Å². The Bertz CT molecular complexity index is 310. The SMILES string of the molecule is CCC(CO)(CO)Nc1nccnc1Cl. The maximum Gasteiger partial charge on any atom is 0.171 e. The number of hydrogen-bond donors (Lipinski definition) is 3. The lowest BCUT2D eigenvalue weighted by molar-refractivity contribution is 0.132. The summed E-state index contributed by atoms with van der Waals surface area (Å²) in [5.74, 6) is 0.365. The van der Waals surface area contributed by atoms with E-state index in [0.717, 1.165) is 0 Å². The Morgan fingerprint density at radius 3 is 2.40 bits per heavy atom. The maximum atomic E-state index is 9.21. The summed E-state index contributed by atoms with van der Waals surface area (Å²) >= 11 is 5.80. The molecule has 15 heavy (non-hydrogen) atoms. The Labute approximate surface area is 93.1 Å². The van der Waals surface area contributed by atoms with E-state index >= 15 is 0 Å². The summed E-state index contributed by atoms with van der Waals surface area (Å²) in [6, 6.07) is 0. The van der Waals surface area contributed by atoms with E-state index in [1.165, 1.54) is 12.4 Å². The molecule has 0 unspecified atom stereocenters. The topological polar surface area (TPSA) is 78.3 Å². The maximum absolute atomic E-state index is 9.21. The molecule has 0 aromatic carbocycles. The molecular formula is C9H14ClN3O2. The van der Waals surface area contributed by atoms with Crippen molar-refractivity contribution < 1.29 is 10.2 Å². The number of hydrogen-bond acceptors (Lipinski definition) is 5. The minimum atomic E-state index is -0.806. The van der Waals surface area contributed by atoms with Crippen molar-refractivity contribution in [2.24, 2.45) is 0 Å². The summed E-state index contributed by atoms with van der Waals surface area (Å²) in [4.78, 5) is 7.82. The van der Waals surface area contributed by atoms with Crippen LogP contribution >= 0.6 is 11.6 Å². The van der Waals surface area contributed by atoms with Gasteiger partial charge in [-0.15, -0.1) is 0 Å². The fourth-order valence-corrected chi connectivity index (χ4v) is 1.25. The monoisotopic (exact) mass is 231 g/mol. The lowest BCUT2D eigenvalue weighted by Gasteiger charge is -2.30. The third-order valence-electron chi connectivity index (χ3n) is 2.32. The molecule has 1 heterocycles. The Kier molecular flexibility index (Phi) is 4.26. The Morgan fingerprint density at radius 2 is 1.93 bits per heavy atom. The van der Waals surface area contributed by atoms with Gasteiger partial charge in [0.25, 0.3) is 0 Å². The van der Waals surface area contributed by atoms with Crippen LogP contribution in [0.3, 0.4) is 0 Å². The van der Waals surface area contributed by atoms with Crippen LogP contribution in [0.2, 0.25) is 5.15 Å². The zero-order chi connectivity index (χ0) is 11.3. The molecule has 1 aromatic rings. The fourth-order valence-electron chi connectivity index (χ4n) is 1.10. The van der Waals surface area contributed by atoms with Crippen molar-refractivity contribution in [3.63, 3.8) is 0 Å². The summed E-state index contributed by atoms with van der Waals surface area (Å²) in [7, 11) is 0. The molecule has 0 atom stereocenters. The Morgan fingerprint density at radius 1 is 1.33 bits per heavy atom. The summed E-state index contributed by atoms with van der Waals surface area (Å²) in [5, 5.41) is 21.6. The molecule has 0 saturated heterocycles. The summed E-state index contributed by atoms with van der Waals surface area (Å²) in [5.41, 5.74) is -0.806. The number of anilines is 1. The fraction of sp³-hybridized carbons (Fsp3) is 0.556. The third-order valence-corrected chi connectivity index (χ3v) is 2.60. The van der Waals surface area contributed by atoms with Gasteiger partial charge in [0.1, 0.15) is 0 Å². The number of nitrogens with zero attached hydrogens (tertiary/aromatic N) is 2. The summed E-state index contributed by atoms with van der Waals surface area (Å²) in [6.07, 6.45) is 3.51. The van der Waals surface area contributed by atoms with Crippen molar-refractivity contribution in [2.75, 3.05) is 18.5 Å². The van der Waals surface area contributed by atoms with Crippen LogP contribution in [0.5, 0.6) is 0 Å². The lowest BCUT2D eigenvalue weighted by Crippen LogP contribution is -2.45. The van der Waals surface area contributed by atoms with Crippen molar-refractivity contribution >= 4 is 17.4 Å². The van der Waals surface area contributed by atoms with E-state index < -0.39 is 5.54 Å². The van der Waals surface area contributed by atoms with Crippen LogP contribution in [0.25, 0.3) is 0 Å². The van der Waals surface area contributed by atoms with Crippen LogP contribution in [-0.4, -0.2) is 38.9 Å². The first-order valence-corrected chi connectivity index (χ1v) is 5.01. The largest absolute Gasteiger partial charge is 0.394 e. The molecule has 0 saturated carbocycles. The number of nitrogens with one attached hydrogen (secondary N) is 1.